The summed E-state index contributed by atoms with van der Waals surface area (Å²) in [5.74, 6) is -1.28. The third-order valence-electron chi connectivity index (χ3n) is 6.56. The zero-order valence-corrected chi connectivity index (χ0v) is 21.3. The van der Waals surface area contributed by atoms with Crippen molar-refractivity contribution in [1.82, 2.24) is 9.80 Å². The maximum Gasteiger partial charge on any atom is 0.295 e. The quantitative estimate of drug-likeness (QED) is 0.294. The smallest absolute Gasteiger partial charge is 0.295 e. The normalized spacial score (nSPS) is 17.4. The Hall–Kier alpha value is -3.32. The average Bonchev–Trinajstić information content (AvgIpc) is 3.09. The van der Waals surface area contributed by atoms with E-state index < -0.39 is 17.7 Å². The molecule has 0 bridgehead atoms. The lowest BCUT2D eigenvalue weighted by molar-refractivity contribution is -0.140. The minimum absolute atomic E-state index is 0.0244. The summed E-state index contributed by atoms with van der Waals surface area (Å²) in [7, 11) is 0. The largest absolute Gasteiger partial charge is 0.507 e. The predicted molar refractivity (Wildman–Crippen MR) is 137 cm³/mol. The molecule has 0 aromatic heterocycles. The van der Waals surface area contributed by atoms with Crippen LogP contribution in [-0.4, -0.2) is 64.5 Å². The van der Waals surface area contributed by atoms with Crippen LogP contribution in [0.2, 0.25) is 0 Å². The van der Waals surface area contributed by atoms with Gasteiger partial charge in [0.05, 0.1) is 18.2 Å². The summed E-state index contributed by atoms with van der Waals surface area (Å²) in [4.78, 5) is 30.3. The van der Waals surface area contributed by atoms with Crippen LogP contribution in [0.1, 0.15) is 55.5 Å². The molecule has 2 aromatic carbocycles. The number of phenols is 1. The van der Waals surface area contributed by atoms with Crippen LogP contribution in [0.15, 0.2) is 42.0 Å². The van der Waals surface area contributed by atoms with Crippen molar-refractivity contribution < 1.29 is 24.5 Å². The summed E-state index contributed by atoms with van der Waals surface area (Å²) in [6.07, 6.45) is 0.686. The highest BCUT2D eigenvalue weighted by molar-refractivity contribution is 6.46. The Balaban J connectivity index is 2.12. The summed E-state index contributed by atoms with van der Waals surface area (Å²) in [5, 5.41) is 21.6. The van der Waals surface area contributed by atoms with Gasteiger partial charge in [0, 0.05) is 12.1 Å². The number of benzene rings is 2. The van der Waals surface area contributed by atoms with Gasteiger partial charge in [-0.2, -0.15) is 0 Å². The van der Waals surface area contributed by atoms with Crippen LogP contribution in [0, 0.1) is 13.8 Å². The predicted octanol–water partition coefficient (Wildman–Crippen LogP) is 4.56. The van der Waals surface area contributed by atoms with E-state index in [1.165, 1.54) is 11.0 Å². The molecule has 1 amide bonds. The number of aryl methyl sites for hydroxylation is 2. The Bertz CT molecular complexity index is 1120. The second-order valence-corrected chi connectivity index (χ2v) is 8.85. The van der Waals surface area contributed by atoms with Crippen LogP contribution >= 0.6 is 0 Å². The van der Waals surface area contributed by atoms with Gasteiger partial charge in [0.25, 0.3) is 11.7 Å². The highest BCUT2D eigenvalue weighted by Gasteiger charge is 2.46. The van der Waals surface area contributed by atoms with Gasteiger partial charge in [-0.1, -0.05) is 37.6 Å². The molecule has 1 saturated heterocycles. The third-order valence-corrected chi connectivity index (χ3v) is 6.56. The highest BCUT2D eigenvalue weighted by atomic mass is 16.5. The molecule has 35 heavy (non-hydrogen) atoms. The van der Waals surface area contributed by atoms with Gasteiger partial charge in [-0.15, -0.1) is 0 Å². The zero-order valence-electron chi connectivity index (χ0n) is 21.3. The molecule has 7 heteroatoms. The van der Waals surface area contributed by atoms with Gasteiger partial charge >= 0.3 is 0 Å². The van der Waals surface area contributed by atoms with Crippen molar-refractivity contribution in [2.45, 2.75) is 47.1 Å². The Labute approximate surface area is 207 Å². The van der Waals surface area contributed by atoms with Crippen molar-refractivity contribution in [3.8, 4) is 11.5 Å². The molecule has 1 atom stereocenters. The standard InChI is InChI=1S/C28H36N2O5/c1-6-29(7-2)14-9-15-30-25(20-12-13-22(31)23(17-20)35-8-3)24(27(33)28(30)34)26(32)21-16-18(4)10-11-19(21)5/h10-13,16-17,25,31-32H,6-9,14-15H2,1-5H3. The summed E-state index contributed by atoms with van der Waals surface area (Å²) in [6, 6.07) is 9.65. The Morgan fingerprint density at radius 2 is 1.77 bits per heavy atom. The number of phenolic OH excluding ortho intramolecular Hbond substituents is 1. The number of nitrogens with zero attached hydrogens (tertiary/aromatic N) is 2. The van der Waals surface area contributed by atoms with E-state index in [0.29, 0.717) is 30.7 Å². The summed E-state index contributed by atoms with van der Waals surface area (Å²) >= 11 is 0. The monoisotopic (exact) mass is 480 g/mol. The van der Waals surface area contributed by atoms with E-state index in [2.05, 4.69) is 18.7 Å². The van der Waals surface area contributed by atoms with E-state index in [9.17, 15) is 19.8 Å². The molecule has 0 aliphatic carbocycles. The summed E-state index contributed by atoms with van der Waals surface area (Å²) in [6.45, 7) is 13.1. The van der Waals surface area contributed by atoms with Crippen molar-refractivity contribution in [2.75, 3.05) is 32.8 Å². The molecule has 7 nitrogen and oxygen atoms in total. The first kappa shape index (κ1) is 26.3. The lowest BCUT2D eigenvalue weighted by atomic mass is 9.93. The van der Waals surface area contributed by atoms with E-state index >= 15 is 0 Å². The number of aliphatic hydroxyl groups is 1. The lowest BCUT2D eigenvalue weighted by Gasteiger charge is -2.27. The molecule has 188 valence electrons. The van der Waals surface area contributed by atoms with Crippen molar-refractivity contribution in [1.29, 1.82) is 0 Å². The molecule has 0 saturated carbocycles. The van der Waals surface area contributed by atoms with E-state index in [0.717, 1.165) is 30.8 Å². The van der Waals surface area contributed by atoms with Gasteiger partial charge in [0.15, 0.2) is 11.5 Å². The fourth-order valence-electron chi connectivity index (χ4n) is 4.57. The topological polar surface area (TPSA) is 90.3 Å². The van der Waals surface area contributed by atoms with E-state index in [1.807, 2.05) is 39.0 Å². The fraction of sp³-hybridized carbons (Fsp3) is 0.429. The van der Waals surface area contributed by atoms with Crippen molar-refractivity contribution in [2.24, 2.45) is 0 Å². The molecule has 0 radical (unpaired) electrons. The lowest BCUT2D eigenvalue weighted by Crippen LogP contribution is -2.33. The van der Waals surface area contributed by atoms with Crippen molar-refractivity contribution in [3.05, 3.63) is 64.2 Å². The number of aromatic hydroxyl groups is 1. The number of ether oxygens (including phenoxy) is 1. The number of Topliss-reactive ketones (excluding diaryl/α,β-unsaturated/α-hetero) is 1. The first-order chi connectivity index (χ1) is 16.7. The first-order valence-corrected chi connectivity index (χ1v) is 12.3. The SMILES string of the molecule is CCOc1cc(C2C(=C(O)c3cc(C)ccc3C)C(=O)C(=O)N2CCCN(CC)CC)ccc1O. The fourth-order valence-corrected chi connectivity index (χ4v) is 4.57. The van der Waals surface area contributed by atoms with Crippen LogP contribution in [0.3, 0.4) is 0 Å². The number of hydrogen-bond acceptors (Lipinski definition) is 6. The zero-order chi connectivity index (χ0) is 25.7. The Morgan fingerprint density at radius 1 is 1.06 bits per heavy atom. The molecule has 1 unspecified atom stereocenters. The Kier molecular flexibility index (Phi) is 8.57. The summed E-state index contributed by atoms with van der Waals surface area (Å²) < 4.78 is 5.56. The number of hydrogen-bond donors (Lipinski definition) is 2. The van der Waals surface area contributed by atoms with Crippen molar-refractivity contribution >= 4 is 17.4 Å². The maximum absolute atomic E-state index is 13.3. The molecule has 1 aliphatic heterocycles. The van der Waals surface area contributed by atoms with Gasteiger partial charge in [-0.25, -0.2) is 0 Å². The molecule has 3 rings (SSSR count). The van der Waals surface area contributed by atoms with Gasteiger partial charge in [0.1, 0.15) is 5.76 Å². The molecule has 1 fully saturated rings. The van der Waals surface area contributed by atoms with E-state index in [-0.39, 0.29) is 22.8 Å². The molecule has 1 aliphatic rings. The van der Waals surface area contributed by atoms with Crippen LogP contribution in [0.25, 0.3) is 5.76 Å². The van der Waals surface area contributed by atoms with Crippen LogP contribution in [0.4, 0.5) is 0 Å². The van der Waals surface area contributed by atoms with E-state index in [1.54, 1.807) is 12.1 Å². The molecule has 0 spiro atoms. The second kappa shape index (κ2) is 11.4. The molecule has 2 aromatic rings. The molecular formula is C28H36N2O5. The Morgan fingerprint density at radius 3 is 2.43 bits per heavy atom. The van der Waals surface area contributed by atoms with Crippen LogP contribution in [-0.2, 0) is 9.59 Å². The molecule has 1 heterocycles. The summed E-state index contributed by atoms with van der Waals surface area (Å²) in [5.41, 5.74) is 2.92. The second-order valence-electron chi connectivity index (χ2n) is 8.85. The number of aliphatic hydroxyl groups excluding tert-OH is 1. The van der Waals surface area contributed by atoms with Gasteiger partial charge in [-0.05, 0) is 76.2 Å². The molecule has 2 N–H and O–H groups in total. The number of likely N-dealkylation sites (tertiary alicyclic amines) is 1. The number of amides is 1. The van der Waals surface area contributed by atoms with Crippen LogP contribution in [0.5, 0.6) is 11.5 Å². The minimum Gasteiger partial charge on any atom is -0.507 e. The number of carbonyl (C=O) groups is 2. The average molecular weight is 481 g/mol. The maximum atomic E-state index is 13.3. The number of ketones is 1. The van der Waals surface area contributed by atoms with Gasteiger partial charge in [0.2, 0.25) is 0 Å². The van der Waals surface area contributed by atoms with Gasteiger partial charge < -0.3 is 24.7 Å². The number of rotatable bonds is 10. The minimum atomic E-state index is -0.786. The third kappa shape index (κ3) is 5.51. The highest BCUT2D eigenvalue weighted by Crippen LogP contribution is 2.42. The van der Waals surface area contributed by atoms with Crippen LogP contribution < -0.4 is 4.74 Å². The van der Waals surface area contributed by atoms with E-state index in [4.69, 9.17) is 4.74 Å². The van der Waals surface area contributed by atoms with Gasteiger partial charge in [-0.3, -0.25) is 9.59 Å². The molecular weight excluding hydrogens is 444 g/mol. The number of carbonyl (C=O) groups excluding carboxylic acids is 2. The first-order valence-electron chi connectivity index (χ1n) is 12.3. The van der Waals surface area contributed by atoms with Crippen molar-refractivity contribution in [3.63, 3.8) is 0 Å².